The predicted molar refractivity (Wildman–Crippen MR) is 107 cm³/mol. The van der Waals surface area contributed by atoms with Gasteiger partial charge in [-0.15, -0.1) is 0 Å². The molecule has 144 valence electrons. The number of furan rings is 1. The van der Waals surface area contributed by atoms with Crippen molar-refractivity contribution < 1.29 is 13.9 Å². The quantitative estimate of drug-likeness (QED) is 0.561. The lowest BCUT2D eigenvalue weighted by Crippen LogP contribution is -2.36. The maximum absolute atomic E-state index is 13.3. The van der Waals surface area contributed by atoms with Crippen molar-refractivity contribution in [3.63, 3.8) is 0 Å². The molecule has 1 atom stereocenters. The summed E-state index contributed by atoms with van der Waals surface area (Å²) in [4.78, 5) is 13.3. The minimum atomic E-state index is -0.439. The fraction of sp³-hybridized carbons (Fsp3) is 0.130. The summed E-state index contributed by atoms with van der Waals surface area (Å²) in [5, 5.41) is 7.42. The number of hydrogen-bond donors (Lipinski definition) is 1. The third kappa shape index (κ3) is 3.18. The molecule has 2 aromatic heterocycles. The first kappa shape index (κ1) is 17.3. The molecular weight excluding hydrogens is 366 g/mol. The van der Waals surface area contributed by atoms with Gasteiger partial charge in [-0.3, -0.25) is 9.48 Å². The van der Waals surface area contributed by atoms with Gasteiger partial charge in [0.15, 0.2) is 0 Å². The van der Waals surface area contributed by atoms with E-state index in [1.54, 1.807) is 17.1 Å². The number of hydrogen-bond acceptors (Lipinski definition) is 4. The molecule has 0 saturated heterocycles. The number of ether oxygens (including phenoxy) is 1. The molecule has 0 radical (unpaired) electrons. The summed E-state index contributed by atoms with van der Waals surface area (Å²) < 4.78 is 13.4. The van der Waals surface area contributed by atoms with E-state index < -0.39 is 5.92 Å². The standard InChI is InChI=1S/C23H19N3O3/c27-23(24-15-18(21-11-5-14-28-21)26-13-6-12-25-26)22-16-7-1-3-9-19(16)29-20-10-4-2-8-17(20)22/h1-14,18,22H,15H2,(H,24,27)/t18-/m1/s1. The van der Waals surface area contributed by atoms with Crippen molar-refractivity contribution in [2.75, 3.05) is 6.54 Å². The Morgan fingerprint density at radius 2 is 1.72 bits per heavy atom. The smallest absolute Gasteiger partial charge is 0.232 e. The monoisotopic (exact) mass is 385 g/mol. The molecule has 0 unspecified atom stereocenters. The van der Waals surface area contributed by atoms with Crippen LogP contribution in [0.15, 0.2) is 89.8 Å². The number of nitrogens with one attached hydrogen (secondary N) is 1. The van der Waals surface area contributed by atoms with Gasteiger partial charge in [-0.05, 0) is 30.3 Å². The van der Waals surface area contributed by atoms with E-state index in [2.05, 4.69) is 10.4 Å². The summed E-state index contributed by atoms with van der Waals surface area (Å²) >= 11 is 0. The zero-order valence-corrected chi connectivity index (χ0v) is 15.6. The maximum Gasteiger partial charge on any atom is 0.232 e. The topological polar surface area (TPSA) is 69.3 Å². The van der Waals surface area contributed by atoms with Crippen LogP contribution >= 0.6 is 0 Å². The van der Waals surface area contributed by atoms with Gasteiger partial charge >= 0.3 is 0 Å². The Balaban J connectivity index is 1.44. The molecule has 1 aliphatic rings. The zero-order valence-electron chi connectivity index (χ0n) is 15.6. The van der Waals surface area contributed by atoms with Crippen LogP contribution < -0.4 is 10.1 Å². The van der Waals surface area contributed by atoms with Gasteiger partial charge in [0.1, 0.15) is 23.3 Å². The first-order valence-corrected chi connectivity index (χ1v) is 9.47. The lowest BCUT2D eigenvalue weighted by atomic mass is 9.87. The second-order valence-corrected chi connectivity index (χ2v) is 6.87. The molecule has 1 aliphatic heterocycles. The average Bonchev–Trinajstić information content (AvgIpc) is 3.47. The average molecular weight is 385 g/mol. The van der Waals surface area contributed by atoms with Crippen LogP contribution in [0, 0.1) is 0 Å². The van der Waals surface area contributed by atoms with Gasteiger partial charge in [-0.1, -0.05) is 36.4 Å². The van der Waals surface area contributed by atoms with Crippen molar-refractivity contribution in [2.24, 2.45) is 0 Å². The lowest BCUT2D eigenvalue weighted by molar-refractivity contribution is -0.121. The molecule has 1 amide bonds. The number of carbonyl (C=O) groups is 1. The molecule has 0 spiro atoms. The van der Waals surface area contributed by atoms with E-state index in [-0.39, 0.29) is 11.9 Å². The number of carbonyl (C=O) groups excluding carboxylic acids is 1. The number of rotatable bonds is 5. The van der Waals surface area contributed by atoms with Crippen LogP contribution in [0.2, 0.25) is 0 Å². The van der Waals surface area contributed by atoms with E-state index >= 15 is 0 Å². The Morgan fingerprint density at radius 1 is 1.00 bits per heavy atom. The van der Waals surface area contributed by atoms with Crippen molar-refractivity contribution >= 4 is 5.91 Å². The molecule has 6 heteroatoms. The van der Waals surface area contributed by atoms with Crippen molar-refractivity contribution in [1.29, 1.82) is 0 Å². The fourth-order valence-corrected chi connectivity index (χ4v) is 3.76. The SMILES string of the molecule is O=C(NC[C@H](c1ccco1)n1cccn1)C1c2ccccc2Oc2ccccc21. The van der Waals surface area contributed by atoms with Crippen molar-refractivity contribution in [2.45, 2.75) is 12.0 Å². The minimum Gasteiger partial charge on any atom is -0.467 e. The van der Waals surface area contributed by atoms with Crippen LogP contribution in [0.25, 0.3) is 0 Å². The normalized spacial score (nSPS) is 13.8. The molecule has 0 aliphatic carbocycles. The Morgan fingerprint density at radius 3 is 2.34 bits per heavy atom. The van der Waals surface area contributed by atoms with Gasteiger partial charge in [-0.2, -0.15) is 5.10 Å². The molecule has 1 N–H and O–H groups in total. The van der Waals surface area contributed by atoms with E-state index in [0.717, 1.165) is 16.9 Å². The van der Waals surface area contributed by atoms with Crippen LogP contribution in [0.1, 0.15) is 28.8 Å². The molecule has 4 aromatic rings. The van der Waals surface area contributed by atoms with Crippen molar-refractivity contribution in [3.8, 4) is 11.5 Å². The van der Waals surface area contributed by atoms with Crippen LogP contribution in [-0.2, 0) is 4.79 Å². The van der Waals surface area contributed by atoms with Crippen molar-refractivity contribution in [1.82, 2.24) is 15.1 Å². The first-order valence-electron chi connectivity index (χ1n) is 9.47. The van der Waals surface area contributed by atoms with E-state index in [1.165, 1.54) is 0 Å². The molecule has 5 rings (SSSR count). The highest BCUT2D eigenvalue weighted by molar-refractivity contribution is 5.89. The second kappa shape index (κ2) is 7.31. The number of aromatic nitrogens is 2. The first-order chi connectivity index (χ1) is 14.3. The van der Waals surface area contributed by atoms with Gasteiger partial charge in [-0.25, -0.2) is 0 Å². The summed E-state index contributed by atoms with van der Waals surface area (Å²) in [5.41, 5.74) is 1.72. The molecular formula is C23H19N3O3. The molecule has 0 bridgehead atoms. The summed E-state index contributed by atoms with van der Waals surface area (Å²) in [5.74, 6) is 1.63. The lowest BCUT2D eigenvalue weighted by Gasteiger charge is -2.28. The number of fused-ring (bicyclic) bond motifs is 2. The largest absolute Gasteiger partial charge is 0.467 e. The molecule has 2 aromatic carbocycles. The second-order valence-electron chi connectivity index (χ2n) is 6.87. The molecule has 29 heavy (non-hydrogen) atoms. The third-order valence-electron chi connectivity index (χ3n) is 5.13. The van der Waals surface area contributed by atoms with Gasteiger partial charge in [0.2, 0.25) is 5.91 Å². The van der Waals surface area contributed by atoms with Crippen molar-refractivity contribution in [3.05, 3.63) is 102 Å². The Labute approximate surface area is 167 Å². The van der Waals surface area contributed by atoms with Gasteiger partial charge in [0.25, 0.3) is 0 Å². The van der Waals surface area contributed by atoms with Crippen LogP contribution in [0.3, 0.4) is 0 Å². The molecule has 0 saturated carbocycles. The molecule has 3 heterocycles. The highest BCUT2D eigenvalue weighted by atomic mass is 16.5. The zero-order chi connectivity index (χ0) is 19.6. The van der Waals surface area contributed by atoms with Gasteiger partial charge < -0.3 is 14.5 Å². The number of nitrogens with zero attached hydrogens (tertiary/aromatic N) is 2. The van der Waals surface area contributed by atoms with Gasteiger partial charge in [0, 0.05) is 30.1 Å². The number of amides is 1. The highest BCUT2D eigenvalue weighted by Crippen LogP contribution is 2.43. The van der Waals surface area contributed by atoms with Crippen LogP contribution in [0.5, 0.6) is 11.5 Å². The molecule has 0 fully saturated rings. The summed E-state index contributed by atoms with van der Waals surface area (Å²) in [6, 6.07) is 20.7. The minimum absolute atomic E-state index is 0.0862. The predicted octanol–water partition coefficient (Wildman–Crippen LogP) is 4.12. The number of benzene rings is 2. The van der Waals surface area contributed by atoms with E-state index in [1.807, 2.05) is 72.9 Å². The van der Waals surface area contributed by atoms with Crippen LogP contribution in [-0.4, -0.2) is 22.2 Å². The summed E-state index contributed by atoms with van der Waals surface area (Å²) in [7, 11) is 0. The Hall–Kier alpha value is -3.80. The van der Waals surface area contributed by atoms with Crippen LogP contribution in [0.4, 0.5) is 0 Å². The Kier molecular flexibility index (Phi) is 4.37. The maximum atomic E-state index is 13.3. The highest BCUT2D eigenvalue weighted by Gasteiger charge is 2.32. The van der Waals surface area contributed by atoms with E-state index in [4.69, 9.17) is 9.15 Å². The van der Waals surface area contributed by atoms with E-state index in [9.17, 15) is 4.79 Å². The number of para-hydroxylation sites is 2. The third-order valence-corrected chi connectivity index (χ3v) is 5.13. The fourth-order valence-electron chi connectivity index (χ4n) is 3.76. The molecule has 6 nitrogen and oxygen atoms in total. The summed E-state index contributed by atoms with van der Waals surface area (Å²) in [6.07, 6.45) is 5.19. The Bertz CT molecular complexity index is 1040. The van der Waals surface area contributed by atoms with Gasteiger partial charge in [0.05, 0.1) is 12.2 Å². The summed E-state index contributed by atoms with van der Waals surface area (Å²) in [6.45, 7) is 0.357. The van der Waals surface area contributed by atoms with E-state index in [0.29, 0.717) is 18.0 Å².